The molecule has 108 valence electrons. The predicted molar refractivity (Wildman–Crippen MR) is 92.6 cm³/mol. The first-order valence-electron chi connectivity index (χ1n) is 6.91. The van der Waals surface area contributed by atoms with E-state index in [1.807, 2.05) is 36.4 Å². The summed E-state index contributed by atoms with van der Waals surface area (Å²) in [5.74, 6) is -0.287. The summed E-state index contributed by atoms with van der Waals surface area (Å²) >= 11 is 5.59. The summed E-state index contributed by atoms with van der Waals surface area (Å²) in [5, 5.41) is 10.2. The van der Waals surface area contributed by atoms with E-state index in [0.717, 1.165) is 38.6 Å². The molecule has 0 saturated heterocycles. The summed E-state index contributed by atoms with van der Waals surface area (Å²) in [5.41, 5.74) is 2.71. The Balaban J connectivity index is 2.07. The fourth-order valence-electron chi connectivity index (χ4n) is 2.89. The maximum absolute atomic E-state index is 11.6. The molecule has 2 N–H and O–H groups in total. The quantitative estimate of drug-likeness (QED) is 0.549. The molecule has 0 unspecified atom stereocenters. The number of halogens is 1. The van der Waals surface area contributed by atoms with E-state index in [4.69, 9.17) is 11.6 Å². The third-order valence-electron chi connectivity index (χ3n) is 3.80. The van der Waals surface area contributed by atoms with Gasteiger partial charge in [-0.1, -0.05) is 24.3 Å². The van der Waals surface area contributed by atoms with Crippen LogP contribution in [0.3, 0.4) is 0 Å². The highest BCUT2D eigenvalue weighted by Crippen LogP contribution is 2.42. The van der Waals surface area contributed by atoms with E-state index in [0.29, 0.717) is 0 Å². The average Bonchev–Trinajstić information content (AvgIpc) is 2.56. The van der Waals surface area contributed by atoms with Gasteiger partial charge in [-0.15, -0.1) is 11.6 Å². The summed E-state index contributed by atoms with van der Waals surface area (Å²) in [4.78, 5) is 16.1. The van der Waals surface area contributed by atoms with E-state index in [1.54, 1.807) is 6.34 Å². The SMILES string of the molecule is O=C(CCl)Nc1cccc2c3c4c(cccc4cc12)NC=N3. The molecule has 1 aliphatic rings. The van der Waals surface area contributed by atoms with Crippen molar-refractivity contribution in [2.24, 2.45) is 4.99 Å². The number of nitrogens with one attached hydrogen (secondary N) is 2. The Morgan fingerprint density at radius 3 is 2.91 bits per heavy atom. The first kappa shape index (κ1) is 13.1. The molecule has 22 heavy (non-hydrogen) atoms. The van der Waals surface area contributed by atoms with E-state index < -0.39 is 0 Å². The first-order valence-corrected chi connectivity index (χ1v) is 7.45. The van der Waals surface area contributed by atoms with Gasteiger partial charge in [-0.2, -0.15) is 0 Å². The van der Waals surface area contributed by atoms with Crippen molar-refractivity contribution < 1.29 is 4.79 Å². The molecule has 1 amide bonds. The van der Waals surface area contributed by atoms with Gasteiger partial charge in [-0.25, -0.2) is 4.99 Å². The van der Waals surface area contributed by atoms with E-state index in [1.165, 1.54) is 0 Å². The van der Waals surface area contributed by atoms with Gasteiger partial charge in [0, 0.05) is 27.5 Å². The van der Waals surface area contributed by atoms with E-state index in [2.05, 4.69) is 21.7 Å². The minimum absolute atomic E-state index is 0.0664. The van der Waals surface area contributed by atoms with Crippen LogP contribution in [0.2, 0.25) is 0 Å². The van der Waals surface area contributed by atoms with Crippen molar-refractivity contribution in [1.29, 1.82) is 0 Å². The van der Waals surface area contributed by atoms with Crippen LogP contribution in [0.15, 0.2) is 47.5 Å². The number of anilines is 2. The highest BCUT2D eigenvalue weighted by Gasteiger charge is 2.15. The van der Waals surface area contributed by atoms with Crippen molar-refractivity contribution in [3.05, 3.63) is 42.5 Å². The lowest BCUT2D eigenvalue weighted by Gasteiger charge is -2.17. The van der Waals surface area contributed by atoms with Crippen LogP contribution in [0.5, 0.6) is 0 Å². The lowest BCUT2D eigenvalue weighted by atomic mass is 9.98. The summed E-state index contributed by atoms with van der Waals surface area (Å²) in [6, 6.07) is 13.9. The number of carbonyl (C=O) groups excluding carboxylic acids is 1. The molecule has 0 fully saturated rings. The molecule has 5 heteroatoms. The summed E-state index contributed by atoms with van der Waals surface area (Å²) < 4.78 is 0. The number of aliphatic imine (C=N–C) groups is 1. The molecule has 4 rings (SSSR count). The second-order valence-corrected chi connectivity index (χ2v) is 5.38. The number of carbonyl (C=O) groups is 1. The predicted octanol–water partition coefficient (Wildman–Crippen LogP) is 4.26. The molecule has 0 aliphatic carbocycles. The maximum atomic E-state index is 11.6. The second-order valence-electron chi connectivity index (χ2n) is 5.11. The molecule has 0 radical (unpaired) electrons. The van der Waals surface area contributed by atoms with Gasteiger partial charge >= 0.3 is 0 Å². The molecule has 1 aliphatic heterocycles. The standard InChI is InChI=1S/C17H12ClN3O/c18-8-15(22)21-13-5-2-4-11-12(13)7-10-3-1-6-14-16(10)17(11)20-9-19-14/h1-7,9H,8H2,(H,19,20)(H,21,22). The van der Waals surface area contributed by atoms with Crippen LogP contribution in [0.1, 0.15) is 0 Å². The van der Waals surface area contributed by atoms with Gasteiger partial charge in [0.1, 0.15) is 5.88 Å². The summed E-state index contributed by atoms with van der Waals surface area (Å²) in [7, 11) is 0. The van der Waals surface area contributed by atoms with Crippen LogP contribution in [-0.2, 0) is 4.79 Å². The van der Waals surface area contributed by atoms with Gasteiger partial charge < -0.3 is 10.6 Å². The van der Waals surface area contributed by atoms with Gasteiger partial charge in [0.2, 0.25) is 5.91 Å². The topological polar surface area (TPSA) is 53.5 Å². The zero-order valence-corrected chi connectivity index (χ0v) is 12.3. The molecular weight excluding hydrogens is 298 g/mol. The van der Waals surface area contributed by atoms with Crippen molar-refractivity contribution in [2.45, 2.75) is 0 Å². The Hall–Kier alpha value is -2.59. The van der Waals surface area contributed by atoms with Gasteiger partial charge in [0.25, 0.3) is 0 Å². The van der Waals surface area contributed by atoms with Crippen LogP contribution in [0.4, 0.5) is 17.1 Å². The largest absolute Gasteiger partial charge is 0.346 e. The fourth-order valence-corrected chi connectivity index (χ4v) is 2.95. The number of hydrogen-bond acceptors (Lipinski definition) is 3. The summed E-state index contributed by atoms with van der Waals surface area (Å²) in [6.07, 6.45) is 1.70. The number of amides is 1. The van der Waals surface area contributed by atoms with Crippen molar-refractivity contribution in [2.75, 3.05) is 16.5 Å². The van der Waals surface area contributed by atoms with Crippen molar-refractivity contribution in [1.82, 2.24) is 0 Å². The molecule has 0 atom stereocenters. The smallest absolute Gasteiger partial charge is 0.239 e. The van der Waals surface area contributed by atoms with Gasteiger partial charge in [0.15, 0.2) is 0 Å². The molecule has 0 aromatic heterocycles. The van der Waals surface area contributed by atoms with Crippen LogP contribution in [0, 0.1) is 0 Å². The lowest BCUT2D eigenvalue weighted by molar-refractivity contribution is -0.113. The highest BCUT2D eigenvalue weighted by atomic mass is 35.5. The Morgan fingerprint density at radius 2 is 2.05 bits per heavy atom. The van der Waals surface area contributed by atoms with E-state index >= 15 is 0 Å². The fraction of sp³-hybridized carbons (Fsp3) is 0.0588. The second kappa shape index (κ2) is 5.00. The molecule has 3 aromatic rings. The minimum atomic E-state index is -0.221. The lowest BCUT2D eigenvalue weighted by Crippen LogP contribution is -2.12. The molecule has 0 saturated carbocycles. The molecule has 0 bridgehead atoms. The molecular formula is C17H12ClN3O. The van der Waals surface area contributed by atoms with Crippen LogP contribution in [0.25, 0.3) is 21.5 Å². The van der Waals surface area contributed by atoms with Crippen LogP contribution >= 0.6 is 11.6 Å². The number of fused-ring (bicyclic) bond motifs is 2. The van der Waals surface area contributed by atoms with Crippen molar-refractivity contribution in [3.8, 4) is 0 Å². The van der Waals surface area contributed by atoms with Crippen LogP contribution < -0.4 is 10.6 Å². The summed E-state index contributed by atoms with van der Waals surface area (Å²) in [6.45, 7) is 0. The molecule has 3 aromatic carbocycles. The van der Waals surface area contributed by atoms with Gasteiger partial charge in [-0.3, -0.25) is 4.79 Å². The zero-order chi connectivity index (χ0) is 15.1. The van der Waals surface area contributed by atoms with Gasteiger partial charge in [0.05, 0.1) is 12.0 Å². The van der Waals surface area contributed by atoms with Gasteiger partial charge in [-0.05, 0) is 23.6 Å². The first-order chi connectivity index (χ1) is 10.8. The molecule has 4 nitrogen and oxygen atoms in total. The highest BCUT2D eigenvalue weighted by molar-refractivity contribution is 6.29. The Morgan fingerprint density at radius 1 is 1.18 bits per heavy atom. The van der Waals surface area contributed by atoms with Crippen molar-refractivity contribution in [3.63, 3.8) is 0 Å². The Kier molecular flexibility index (Phi) is 2.98. The van der Waals surface area contributed by atoms with E-state index in [-0.39, 0.29) is 11.8 Å². The zero-order valence-electron chi connectivity index (χ0n) is 11.6. The Bertz CT molecular complexity index is 949. The monoisotopic (exact) mass is 309 g/mol. The van der Waals surface area contributed by atoms with E-state index in [9.17, 15) is 4.79 Å². The average molecular weight is 310 g/mol. The molecule has 1 heterocycles. The minimum Gasteiger partial charge on any atom is -0.346 e. The third-order valence-corrected chi connectivity index (χ3v) is 4.05. The third kappa shape index (κ3) is 1.92. The normalized spacial score (nSPS) is 12.4. The molecule has 0 spiro atoms. The van der Waals surface area contributed by atoms with Crippen LogP contribution in [-0.4, -0.2) is 18.1 Å². The maximum Gasteiger partial charge on any atom is 0.239 e. The Labute approximate surface area is 131 Å². The number of nitrogens with zero attached hydrogens (tertiary/aromatic N) is 1. The number of benzene rings is 3. The number of rotatable bonds is 2. The number of alkyl halides is 1. The number of hydrogen-bond donors (Lipinski definition) is 2. The van der Waals surface area contributed by atoms with Crippen molar-refractivity contribution >= 4 is 62.5 Å².